The van der Waals surface area contributed by atoms with E-state index in [1.807, 2.05) is 6.07 Å². The fourth-order valence-electron chi connectivity index (χ4n) is 2.66. The monoisotopic (exact) mass is 312 g/mol. The molecule has 0 radical (unpaired) electrons. The van der Waals surface area contributed by atoms with Crippen LogP contribution in [0.4, 0.5) is 11.4 Å². The summed E-state index contributed by atoms with van der Waals surface area (Å²) in [6.45, 7) is -0.268. The largest absolute Gasteiger partial charge is 0.497 e. The number of rotatable bonds is 5. The first-order chi connectivity index (χ1) is 11.1. The van der Waals surface area contributed by atoms with Gasteiger partial charge in [-0.2, -0.15) is 0 Å². The number of carbonyl (C=O) groups excluding carboxylic acids is 1. The van der Waals surface area contributed by atoms with Crippen LogP contribution in [0.15, 0.2) is 48.5 Å². The molecule has 1 aliphatic heterocycles. The van der Waals surface area contributed by atoms with Gasteiger partial charge >= 0.3 is 5.97 Å². The maximum atomic E-state index is 12.7. The Balaban J connectivity index is 1.96. The van der Waals surface area contributed by atoms with Crippen molar-refractivity contribution in [3.63, 3.8) is 0 Å². The summed E-state index contributed by atoms with van der Waals surface area (Å²) < 4.78 is 5.18. The highest BCUT2D eigenvalue weighted by Gasteiger charge is 2.35. The number of anilines is 2. The van der Waals surface area contributed by atoms with Gasteiger partial charge in [0.2, 0.25) is 5.78 Å². The second-order valence-electron chi connectivity index (χ2n) is 5.18. The number of carboxylic acid groups (broad SMARTS) is 1. The van der Waals surface area contributed by atoms with Gasteiger partial charge in [-0.05, 0) is 12.1 Å². The molecule has 0 fully saturated rings. The van der Waals surface area contributed by atoms with E-state index >= 15 is 0 Å². The molecule has 2 aromatic rings. The van der Waals surface area contributed by atoms with Crippen molar-refractivity contribution >= 4 is 23.1 Å². The Morgan fingerprint density at radius 2 is 1.96 bits per heavy atom. The molecule has 0 aromatic heterocycles. The minimum atomic E-state index is -0.999. The first kappa shape index (κ1) is 14.9. The predicted octanol–water partition coefficient (Wildman–Crippen LogP) is 2.22. The summed E-state index contributed by atoms with van der Waals surface area (Å²) in [7, 11) is 1.55. The Morgan fingerprint density at radius 1 is 1.22 bits per heavy atom. The van der Waals surface area contributed by atoms with Crippen LogP contribution in [0.3, 0.4) is 0 Å². The number of aliphatic carboxylic acids is 1. The van der Waals surface area contributed by atoms with Gasteiger partial charge in [0.15, 0.2) is 6.17 Å². The van der Waals surface area contributed by atoms with Gasteiger partial charge in [0, 0.05) is 11.6 Å². The molecule has 0 amide bonds. The lowest BCUT2D eigenvalue weighted by molar-refractivity contribution is -0.135. The van der Waals surface area contributed by atoms with Crippen LogP contribution in [0.1, 0.15) is 10.4 Å². The van der Waals surface area contributed by atoms with E-state index < -0.39 is 12.1 Å². The minimum Gasteiger partial charge on any atom is -0.497 e. The molecule has 0 aliphatic carbocycles. The summed E-state index contributed by atoms with van der Waals surface area (Å²) in [5.41, 5.74) is 1.88. The fraction of sp³-hybridized carbons (Fsp3) is 0.176. The molecule has 6 nitrogen and oxygen atoms in total. The molecule has 1 atom stereocenters. The second-order valence-corrected chi connectivity index (χ2v) is 5.18. The zero-order valence-electron chi connectivity index (χ0n) is 12.5. The van der Waals surface area contributed by atoms with Gasteiger partial charge in [-0.15, -0.1) is 0 Å². The smallest absolute Gasteiger partial charge is 0.323 e. The molecular weight excluding hydrogens is 296 g/mol. The molecule has 1 unspecified atom stereocenters. The van der Waals surface area contributed by atoms with Gasteiger partial charge in [0.25, 0.3) is 0 Å². The van der Waals surface area contributed by atoms with E-state index in [2.05, 4.69) is 5.32 Å². The van der Waals surface area contributed by atoms with Gasteiger partial charge in [-0.1, -0.05) is 30.3 Å². The van der Waals surface area contributed by atoms with Crippen molar-refractivity contribution in [3.8, 4) is 5.75 Å². The first-order valence-corrected chi connectivity index (χ1v) is 7.12. The lowest BCUT2D eigenvalue weighted by Crippen LogP contribution is -2.44. The zero-order valence-corrected chi connectivity index (χ0v) is 12.5. The molecule has 0 spiro atoms. The van der Waals surface area contributed by atoms with Crippen LogP contribution in [-0.2, 0) is 4.79 Å². The maximum Gasteiger partial charge on any atom is 0.323 e. The number of benzene rings is 2. The summed E-state index contributed by atoms with van der Waals surface area (Å²) in [6.07, 6.45) is -0.754. The molecule has 0 bridgehead atoms. The first-order valence-electron chi connectivity index (χ1n) is 7.12. The molecule has 1 heterocycles. The third-order valence-corrected chi connectivity index (χ3v) is 3.73. The lowest BCUT2D eigenvalue weighted by atomic mass is 10.1. The van der Waals surface area contributed by atoms with Crippen LogP contribution in [0.25, 0.3) is 0 Å². The van der Waals surface area contributed by atoms with Crippen molar-refractivity contribution in [1.82, 2.24) is 0 Å². The SMILES string of the molecule is COc1ccc2c(c1)NC(C(=O)c1ccccc1)N2CC(=O)O. The number of fused-ring (bicyclic) bond motifs is 1. The van der Waals surface area contributed by atoms with Crippen LogP contribution in [0.2, 0.25) is 0 Å². The van der Waals surface area contributed by atoms with E-state index in [-0.39, 0.29) is 12.3 Å². The summed E-state index contributed by atoms with van der Waals surface area (Å²) >= 11 is 0. The molecular formula is C17H16N2O4. The quantitative estimate of drug-likeness (QED) is 0.824. The number of ether oxygens (including phenoxy) is 1. The Hall–Kier alpha value is -3.02. The highest BCUT2D eigenvalue weighted by molar-refractivity contribution is 6.06. The summed E-state index contributed by atoms with van der Waals surface area (Å²) in [6, 6.07) is 14.1. The average Bonchev–Trinajstić information content (AvgIpc) is 2.92. The molecule has 23 heavy (non-hydrogen) atoms. The predicted molar refractivity (Wildman–Crippen MR) is 86.2 cm³/mol. The summed E-state index contributed by atoms with van der Waals surface area (Å²) in [5.74, 6) is -0.539. The Kier molecular flexibility index (Phi) is 3.89. The summed E-state index contributed by atoms with van der Waals surface area (Å²) in [5, 5.41) is 12.3. The number of hydrogen-bond donors (Lipinski definition) is 2. The van der Waals surface area contributed by atoms with Crippen LogP contribution in [0.5, 0.6) is 5.75 Å². The van der Waals surface area contributed by atoms with E-state index in [4.69, 9.17) is 9.84 Å². The number of methoxy groups -OCH3 is 1. The van der Waals surface area contributed by atoms with Crippen LogP contribution >= 0.6 is 0 Å². The van der Waals surface area contributed by atoms with Gasteiger partial charge in [0.05, 0.1) is 18.5 Å². The van der Waals surface area contributed by atoms with E-state index in [0.717, 1.165) is 0 Å². The van der Waals surface area contributed by atoms with Crippen LogP contribution < -0.4 is 15.0 Å². The third-order valence-electron chi connectivity index (χ3n) is 3.73. The fourth-order valence-corrected chi connectivity index (χ4v) is 2.66. The Bertz CT molecular complexity index is 746. The third kappa shape index (κ3) is 2.83. The number of nitrogens with zero attached hydrogens (tertiary/aromatic N) is 1. The average molecular weight is 312 g/mol. The topological polar surface area (TPSA) is 78.9 Å². The van der Waals surface area contributed by atoms with Gasteiger partial charge in [-0.3, -0.25) is 9.59 Å². The molecule has 2 aromatic carbocycles. The van der Waals surface area contributed by atoms with Crippen molar-refractivity contribution in [3.05, 3.63) is 54.1 Å². The van der Waals surface area contributed by atoms with Crippen LogP contribution in [-0.4, -0.2) is 36.7 Å². The number of carboxylic acids is 1. The number of nitrogens with one attached hydrogen (secondary N) is 1. The number of ketones is 1. The van der Waals surface area contributed by atoms with Crippen molar-refractivity contribution in [2.75, 3.05) is 23.9 Å². The Morgan fingerprint density at radius 3 is 2.61 bits per heavy atom. The molecule has 3 rings (SSSR count). The van der Waals surface area contributed by atoms with Crippen molar-refractivity contribution in [2.45, 2.75) is 6.17 Å². The number of Topliss-reactive ketones (excluding diaryl/α,β-unsaturated/α-hetero) is 1. The van der Waals surface area contributed by atoms with Gasteiger partial charge in [-0.25, -0.2) is 0 Å². The minimum absolute atomic E-state index is 0.179. The molecule has 0 saturated carbocycles. The van der Waals surface area contributed by atoms with Crippen molar-refractivity contribution in [2.24, 2.45) is 0 Å². The Labute approximate surface area is 133 Å². The van der Waals surface area contributed by atoms with E-state index in [0.29, 0.717) is 22.7 Å². The lowest BCUT2D eigenvalue weighted by Gasteiger charge is -2.24. The van der Waals surface area contributed by atoms with E-state index in [9.17, 15) is 9.59 Å². The summed E-state index contributed by atoms with van der Waals surface area (Å²) in [4.78, 5) is 25.5. The van der Waals surface area contributed by atoms with Crippen LogP contribution in [0, 0.1) is 0 Å². The number of hydrogen-bond acceptors (Lipinski definition) is 5. The molecule has 0 saturated heterocycles. The molecule has 6 heteroatoms. The maximum absolute atomic E-state index is 12.7. The molecule has 2 N–H and O–H groups in total. The van der Waals surface area contributed by atoms with Gasteiger partial charge < -0.3 is 20.1 Å². The molecule has 1 aliphatic rings. The normalized spacial score (nSPS) is 15.7. The van der Waals surface area contributed by atoms with Gasteiger partial charge in [0.1, 0.15) is 12.3 Å². The van der Waals surface area contributed by atoms with Crippen molar-refractivity contribution < 1.29 is 19.4 Å². The van der Waals surface area contributed by atoms with E-state index in [1.165, 1.54) is 0 Å². The highest BCUT2D eigenvalue weighted by Crippen LogP contribution is 2.37. The highest BCUT2D eigenvalue weighted by atomic mass is 16.5. The second kappa shape index (κ2) is 6.00. The zero-order chi connectivity index (χ0) is 16.4. The number of carbonyl (C=O) groups is 2. The molecule has 118 valence electrons. The van der Waals surface area contributed by atoms with E-state index in [1.54, 1.807) is 54.5 Å². The van der Waals surface area contributed by atoms with Crippen molar-refractivity contribution in [1.29, 1.82) is 0 Å². The standard InChI is InChI=1S/C17H16N2O4/c1-23-12-7-8-14-13(9-12)18-17(19(14)10-15(20)21)16(22)11-5-3-2-4-6-11/h2-9,17-18H,10H2,1H3,(H,20,21).